The first-order valence-corrected chi connectivity index (χ1v) is 10.0. The molecule has 0 spiro atoms. The van der Waals surface area contributed by atoms with Crippen molar-refractivity contribution in [1.29, 1.82) is 0 Å². The Bertz CT molecular complexity index is 332. The minimum absolute atomic E-state index is 0. The maximum absolute atomic E-state index is 3.65. The summed E-state index contributed by atoms with van der Waals surface area (Å²) in [6, 6.07) is 1.44. The second kappa shape index (κ2) is 10.1. The second-order valence-electron chi connectivity index (χ2n) is 6.34. The molecule has 0 amide bonds. The molecular weight excluding hydrogens is 350 g/mol. The minimum atomic E-state index is -0.935. The standard InChI is InChI=1S/C14H23Si.3ClH.Ti/c1-11-9-12-7-5-6-8-13(12)14(11)10-15(2,3)4;;;;/h14H,5-8,10H2,1-4H3;3*1H;/q-1;;;;+4/p-3. The molecule has 0 fully saturated rings. The molecule has 0 N–H and O–H groups in total. The van der Waals surface area contributed by atoms with Gasteiger partial charge in [0.05, 0.1) is 0 Å². The molecule has 0 radical (unpaired) electrons. The van der Waals surface area contributed by atoms with E-state index in [4.69, 9.17) is 0 Å². The number of allylic oxidation sites excluding steroid dienone is 4. The molecule has 0 nitrogen and oxygen atoms in total. The summed E-state index contributed by atoms with van der Waals surface area (Å²) >= 11 is 0. The first-order chi connectivity index (χ1) is 6.97. The fraction of sp³-hybridized carbons (Fsp3) is 0.714. The van der Waals surface area contributed by atoms with Gasteiger partial charge in [0.25, 0.3) is 0 Å². The van der Waals surface area contributed by atoms with Gasteiger partial charge in [0.15, 0.2) is 0 Å². The predicted octanol–water partition coefficient (Wildman–Crippen LogP) is -4.42. The van der Waals surface area contributed by atoms with Crippen LogP contribution in [0.25, 0.3) is 0 Å². The molecule has 19 heavy (non-hydrogen) atoms. The Kier molecular flexibility index (Phi) is 13.4. The third-order valence-electron chi connectivity index (χ3n) is 3.62. The average Bonchev–Trinajstić information content (AvgIpc) is 2.41. The molecule has 1 atom stereocenters. The van der Waals surface area contributed by atoms with E-state index in [1.54, 1.807) is 11.1 Å². The number of hydrogen-bond acceptors (Lipinski definition) is 0. The quantitative estimate of drug-likeness (QED) is 0.339. The molecule has 2 rings (SSSR count). The van der Waals surface area contributed by atoms with E-state index in [9.17, 15) is 0 Å². The smallest absolute Gasteiger partial charge is 1.00 e. The monoisotopic (exact) mass is 372 g/mol. The van der Waals surface area contributed by atoms with E-state index in [0.717, 1.165) is 5.92 Å². The van der Waals surface area contributed by atoms with Crippen molar-refractivity contribution in [2.75, 3.05) is 0 Å². The van der Waals surface area contributed by atoms with Gasteiger partial charge in [0, 0.05) is 8.07 Å². The Balaban J connectivity index is -0.000000640. The molecule has 0 saturated heterocycles. The van der Waals surface area contributed by atoms with E-state index in [2.05, 4.69) is 32.6 Å². The van der Waals surface area contributed by atoms with Crippen molar-refractivity contribution in [3.05, 3.63) is 22.8 Å². The SMILES string of the molecule is CC1=[C-]C2=C(CCCC2)C1C[Si](C)(C)C.[Cl-].[Cl-].[Cl-].[Ti+4]. The zero-order chi connectivity index (χ0) is 11.1. The maximum Gasteiger partial charge on any atom is 4.00 e. The largest absolute Gasteiger partial charge is 4.00 e. The molecule has 2 aliphatic carbocycles. The maximum atomic E-state index is 3.65. The molecule has 1 unspecified atom stereocenters. The van der Waals surface area contributed by atoms with Gasteiger partial charge in [0.2, 0.25) is 0 Å². The van der Waals surface area contributed by atoms with Crippen molar-refractivity contribution in [1.82, 2.24) is 0 Å². The Hall–Kier alpha value is 1.28. The Morgan fingerprint density at radius 2 is 1.58 bits per heavy atom. The van der Waals surface area contributed by atoms with Gasteiger partial charge in [-0.2, -0.15) is 5.57 Å². The molecule has 5 heteroatoms. The zero-order valence-corrected chi connectivity index (χ0v) is 17.1. The van der Waals surface area contributed by atoms with Crippen molar-refractivity contribution < 1.29 is 58.9 Å². The van der Waals surface area contributed by atoms with Crippen LogP contribution in [0.5, 0.6) is 0 Å². The number of hydrogen-bond donors (Lipinski definition) is 0. The van der Waals surface area contributed by atoms with Gasteiger partial charge >= 0.3 is 21.7 Å². The van der Waals surface area contributed by atoms with Crippen LogP contribution in [-0.2, 0) is 21.7 Å². The molecule has 0 aromatic rings. The Labute approximate surface area is 153 Å². The first-order valence-electron chi connectivity index (χ1n) is 6.30. The zero-order valence-electron chi connectivity index (χ0n) is 12.2. The van der Waals surface area contributed by atoms with Gasteiger partial charge < -0.3 is 37.2 Å². The first kappa shape index (κ1) is 25.2. The van der Waals surface area contributed by atoms with Crippen molar-refractivity contribution in [3.63, 3.8) is 0 Å². The van der Waals surface area contributed by atoms with Gasteiger partial charge in [-0.25, -0.2) is 17.2 Å². The molecule has 0 aliphatic heterocycles. The summed E-state index contributed by atoms with van der Waals surface area (Å²) in [5.74, 6) is 0.784. The van der Waals surface area contributed by atoms with E-state index in [0.29, 0.717) is 0 Å². The van der Waals surface area contributed by atoms with E-state index < -0.39 is 8.07 Å². The summed E-state index contributed by atoms with van der Waals surface area (Å²) < 4.78 is 0. The third kappa shape index (κ3) is 6.72. The van der Waals surface area contributed by atoms with Crippen LogP contribution in [0.3, 0.4) is 0 Å². The van der Waals surface area contributed by atoms with Gasteiger partial charge in [-0.3, -0.25) is 0 Å². The van der Waals surface area contributed by atoms with Crippen molar-refractivity contribution in [2.45, 2.75) is 58.3 Å². The fourth-order valence-corrected chi connectivity index (χ4v) is 4.71. The van der Waals surface area contributed by atoms with Crippen LogP contribution in [-0.4, -0.2) is 8.07 Å². The molecule has 2 aliphatic rings. The van der Waals surface area contributed by atoms with Crippen molar-refractivity contribution in [2.24, 2.45) is 5.92 Å². The van der Waals surface area contributed by atoms with E-state index in [1.165, 1.54) is 37.3 Å². The fourth-order valence-electron chi connectivity index (χ4n) is 2.93. The van der Waals surface area contributed by atoms with Crippen LogP contribution in [0, 0.1) is 12.0 Å². The molecule has 108 valence electrons. The van der Waals surface area contributed by atoms with Crippen LogP contribution in [0.2, 0.25) is 25.7 Å². The van der Waals surface area contributed by atoms with Crippen LogP contribution >= 0.6 is 0 Å². The van der Waals surface area contributed by atoms with Crippen molar-refractivity contribution >= 4 is 8.07 Å². The Morgan fingerprint density at radius 1 is 1.05 bits per heavy atom. The molecule has 0 heterocycles. The van der Waals surface area contributed by atoms with E-state index >= 15 is 0 Å². The van der Waals surface area contributed by atoms with Crippen LogP contribution < -0.4 is 37.2 Å². The van der Waals surface area contributed by atoms with Crippen LogP contribution in [0.1, 0.15) is 32.6 Å². The summed E-state index contributed by atoms with van der Waals surface area (Å²) in [5, 5.41) is 0. The molecule has 0 bridgehead atoms. The summed E-state index contributed by atoms with van der Waals surface area (Å²) in [4.78, 5) is 0. The minimum Gasteiger partial charge on any atom is -1.00 e. The average molecular weight is 374 g/mol. The number of rotatable bonds is 2. The van der Waals surface area contributed by atoms with Gasteiger partial charge in [0.1, 0.15) is 0 Å². The molecular formula is C14H23Cl3SiTi. The van der Waals surface area contributed by atoms with E-state index in [1.807, 2.05) is 0 Å². The second-order valence-corrected chi connectivity index (χ2v) is 11.9. The molecule has 0 aromatic heterocycles. The summed E-state index contributed by atoms with van der Waals surface area (Å²) in [6.07, 6.45) is 9.10. The predicted molar refractivity (Wildman–Crippen MR) is 69.6 cm³/mol. The molecule has 0 saturated carbocycles. The normalized spacial score (nSPS) is 21.1. The topological polar surface area (TPSA) is 0 Å². The summed E-state index contributed by atoms with van der Waals surface area (Å²) in [5.41, 5.74) is 4.88. The van der Waals surface area contributed by atoms with Crippen molar-refractivity contribution in [3.8, 4) is 0 Å². The summed E-state index contributed by atoms with van der Waals surface area (Å²) in [6.45, 7) is 9.76. The summed E-state index contributed by atoms with van der Waals surface area (Å²) in [7, 11) is -0.935. The molecule has 0 aromatic carbocycles. The Morgan fingerprint density at radius 3 is 2.11 bits per heavy atom. The van der Waals surface area contributed by atoms with Gasteiger partial charge in [-0.05, 0) is 0 Å². The van der Waals surface area contributed by atoms with Gasteiger partial charge in [-0.1, -0.05) is 64.2 Å². The van der Waals surface area contributed by atoms with Crippen LogP contribution in [0.4, 0.5) is 0 Å². The van der Waals surface area contributed by atoms with Crippen LogP contribution in [0.15, 0.2) is 16.7 Å². The number of halogens is 3. The van der Waals surface area contributed by atoms with E-state index in [-0.39, 0.29) is 58.9 Å². The third-order valence-corrected chi connectivity index (χ3v) is 5.25. The van der Waals surface area contributed by atoms with Gasteiger partial charge in [-0.15, -0.1) is 0 Å².